The highest BCUT2D eigenvalue weighted by molar-refractivity contribution is 5.89. The maximum Gasteiger partial charge on any atom is 0.339 e. The van der Waals surface area contributed by atoms with Gasteiger partial charge in [0, 0.05) is 5.92 Å². The molecule has 3 nitrogen and oxygen atoms in total. The predicted molar refractivity (Wildman–Crippen MR) is 74.6 cm³/mol. The van der Waals surface area contributed by atoms with E-state index in [-0.39, 0.29) is 5.92 Å². The molecule has 0 aromatic heterocycles. The maximum absolute atomic E-state index is 11.9. The zero-order valence-electron chi connectivity index (χ0n) is 11.8. The van der Waals surface area contributed by atoms with Gasteiger partial charge in [-0.15, -0.1) is 0 Å². The van der Waals surface area contributed by atoms with Crippen molar-refractivity contribution in [3.05, 3.63) is 35.9 Å². The minimum absolute atomic E-state index is 0.0579. The van der Waals surface area contributed by atoms with Gasteiger partial charge in [0.2, 0.25) is 0 Å². The highest BCUT2D eigenvalue weighted by Gasteiger charge is 2.18. The van der Waals surface area contributed by atoms with Gasteiger partial charge in [-0.05, 0) is 26.0 Å². The highest BCUT2D eigenvalue weighted by Crippen LogP contribution is 2.11. The molecule has 0 spiro atoms. The summed E-state index contributed by atoms with van der Waals surface area (Å²) in [5.74, 6) is 5.16. The van der Waals surface area contributed by atoms with Gasteiger partial charge in [-0.3, -0.25) is 0 Å². The fourth-order valence-corrected chi connectivity index (χ4v) is 1.34. The molecule has 0 amide bonds. The van der Waals surface area contributed by atoms with Gasteiger partial charge in [0.05, 0.1) is 5.56 Å². The van der Waals surface area contributed by atoms with Gasteiger partial charge in [-0.2, -0.15) is 0 Å². The summed E-state index contributed by atoms with van der Waals surface area (Å²) in [6.45, 7) is 7.02. The molecule has 19 heavy (non-hydrogen) atoms. The lowest BCUT2D eigenvalue weighted by molar-refractivity contribution is 0.0327. The van der Waals surface area contributed by atoms with Crippen molar-refractivity contribution in [2.45, 2.75) is 39.4 Å². The molecule has 0 saturated carbocycles. The summed E-state index contributed by atoms with van der Waals surface area (Å²) < 4.78 is 5.37. The van der Waals surface area contributed by atoms with E-state index in [0.717, 1.165) is 0 Å². The molecule has 0 saturated heterocycles. The molecule has 0 aliphatic heterocycles. The molecule has 1 aromatic rings. The van der Waals surface area contributed by atoms with Crippen LogP contribution in [0.3, 0.4) is 0 Å². The molecule has 3 heteroatoms. The van der Waals surface area contributed by atoms with Gasteiger partial charge >= 0.3 is 5.97 Å². The first-order chi connectivity index (χ1) is 8.79. The molecule has 0 bridgehead atoms. The van der Waals surface area contributed by atoms with Crippen molar-refractivity contribution in [1.29, 1.82) is 0 Å². The second-order valence-electron chi connectivity index (χ2n) is 5.26. The third-order valence-corrected chi connectivity index (χ3v) is 2.37. The third-order valence-electron chi connectivity index (χ3n) is 2.37. The Labute approximate surface area is 114 Å². The zero-order chi connectivity index (χ0) is 14.5. The van der Waals surface area contributed by atoms with E-state index in [4.69, 9.17) is 4.74 Å². The van der Waals surface area contributed by atoms with E-state index >= 15 is 0 Å². The fourth-order valence-electron chi connectivity index (χ4n) is 1.34. The zero-order valence-corrected chi connectivity index (χ0v) is 11.8. The molecule has 0 aliphatic rings. The quantitative estimate of drug-likeness (QED) is 0.671. The summed E-state index contributed by atoms with van der Waals surface area (Å²) in [4.78, 5) is 11.9. The number of hydrogen-bond donors (Lipinski definition) is 1. The Hall–Kier alpha value is -1.79. The Morgan fingerprint density at radius 2 is 1.84 bits per heavy atom. The van der Waals surface area contributed by atoms with Crippen LogP contribution in [0.4, 0.5) is 0 Å². The molecule has 1 atom stereocenters. The monoisotopic (exact) mass is 260 g/mol. The first kappa shape index (κ1) is 15.3. The number of carbonyl (C=O) groups is 1. The fraction of sp³-hybridized carbons (Fsp3) is 0.438. The summed E-state index contributed by atoms with van der Waals surface area (Å²) in [7, 11) is 0. The summed E-state index contributed by atoms with van der Waals surface area (Å²) in [5.41, 5.74) is -0.593. The van der Waals surface area contributed by atoms with Gasteiger partial charge in [0.15, 0.2) is 6.10 Å². The summed E-state index contributed by atoms with van der Waals surface area (Å²) in [6.07, 6.45) is -0.529. The van der Waals surface area contributed by atoms with E-state index in [1.807, 2.05) is 19.9 Å². The van der Waals surface area contributed by atoms with Crippen LogP contribution in [-0.2, 0) is 4.74 Å². The predicted octanol–water partition coefficient (Wildman–Crippen LogP) is 2.64. The minimum atomic E-state index is -1.09. The van der Waals surface area contributed by atoms with Crippen molar-refractivity contribution >= 4 is 5.97 Å². The molecule has 102 valence electrons. The smallest absolute Gasteiger partial charge is 0.339 e. The highest BCUT2D eigenvalue weighted by atomic mass is 16.5. The minimum Gasteiger partial charge on any atom is -0.445 e. The average molecular weight is 260 g/mol. The Balaban J connectivity index is 2.80. The van der Waals surface area contributed by atoms with E-state index in [2.05, 4.69) is 11.8 Å². The van der Waals surface area contributed by atoms with Gasteiger partial charge in [-0.1, -0.05) is 43.9 Å². The SMILES string of the molecule is CC(C)C(C#CC(C)(C)O)OC(=O)c1ccccc1. The Kier molecular flexibility index (Phi) is 5.14. The van der Waals surface area contributed by atoms with Crippen LogP contribution in [0.2, 0.25) is 0 Å². The van der Waals surface area contributed by atoms with Crippen LogP contribution in [0, 0.1) is 17.8 Å². The van der Waals surface area contributed by atoms with Crippen LogP contribution in [-0.4, -0.2) is 22.8 Å². The Bertz CT molecular complexity index is 472. The van der Waals surface area contributed by atoms with Gasteiger partial charge in [0.1, 0.15) is 5.60 Å². The number of rotatable bonds is 3. The second kappa shape index (κ2) is 6.40. The summed E-state index contributed by atoms with van der Waals surface area (Å²) >= 11 is 0. The standard InChI is InChI=1S/C16H20O3/c1-12(2)14(10-11-16(3,4)18)19-15(17)13-8-6-5-7-9-13/h5-9,12,14,18H,1-4H3. The van der Waals surface area contributed by atoms with E-state index in [0.29, 0.717) is 5.56 Å². The van der Waals surface area contributed by atoms with Gasteiger partial charge in [-0.25, -0.2) is 4.79 Å². The van der Waals surface area contributed by atoms with E-state index in [1.54, 1.807) is 38.1 Å². The van der Waals surface area contributed by atoms with Crippen molar-refractivity contribution < 1.29 is 14.6 Å². The molecule has 1 N–H and O–H groups in total. The molecule has 0 heterocycles. The van der Waals surface area contributed by atoms with Gasteiger partial charge < -0.3 is 9.84 Å². The summed E-state index contributed by atoms with van der Waals surface area (Å²) in [6, 6.07) is 8.80. The number of benzene rings is 1. The van der Waals surface area contributed by atoms with Crippen molar-refractivity contribution in [2.75, 3.05) is 0 Å². The van der Waals surface area contributed by atoms with Crippen LogP contribution in [0.1, 0.15) is 38.1 Å². The van der Waals surface area contributed by atoms with Crippen molar-refractivity contribution in [3.63, 3.8) is 0 Å². The molecule has 0 radical (unpaired) electrons. The summed E-state index contributed by atoms with van der Waals surface area (Å²) in [5, 5.41) is 9.59. The lowest BCUT2D eigenvalue weighted by Crippen LogP contribution is -2.24. The van der Waals surface area contributed by atoms with Crippen molar-refractivity contribution in [1.82, 2.24) is 0 Å². The topological polar surface area (TPSA) is 46.5 Å². The molecular weight excluding hydrogens is 240 g/mol. The second-order valence-corrected chi connectivity index (χ2v) is 5.26. The van der Waals surface area contributed by atoms with Crippen LogP contribution >= 0.6 is 0 Å². The van der Waals surface area contributed by atoms with Crippen LogP contribution < -0.4 is 0 Å². The normalized spacial score (nSPS) is 12.5. The number of hydrogen-bond acceptors (Lipinski definition) is 3. The van der Waals surface area contributed by atoms with Crippen molar-refractivity contribution in [2.24, 2.45) is 5.92 Å². The van der Waals surface area contributed by atoms with Crippen molar-refractivity contribution in [3.8, 4) is 11.8 Å². The molecule has 1 unspecified atom stereocenters. The van der Waals surface area contributed by atoms with Crippen LogP contribution in [0.15, 0.2) is 30.3 Å². The lowest BCUT2D eigenvalue weighted by Gasteiger charge is -2.17. The number of esters is 1. The molecule has 1 rings (SSSR count). The average Bonchev–Trinajstić information content (AvgIpc) is 2.33. The number of carbonyl (C=O) groups excluding carboxylic acids is 1. The first-order valence-corrected chi connectivity index (χ1v) is 6.30. The maximum atomic E-state index is 11.9. The van der Waals surface area contributed by atoms with E-state index in [1.165, 1.54) is 0 Å². The molecule has 0 aliphatic carbocycles. The third kappa shape index (κ3) is 5.58. The van der Waals surface area contributed by atoms with E-state index in [9.17, 15) is 9.90 Å². The Morgan fingerprint density at radius 3 is 2.32 bits per heavy atom. The number of aliphatic hydroxyl groups is 1. The van der Waals surface area contributed by atoms with Crippen LogP contribution in [0.25, 0.3) is 0 Å². The van der Waals surface area contributed by atoms with Gasteiger partial charge in [0.25, 0.3) is 0 Å². The number of ether oxygens (including phenoxy) is 1. The molecule has 0 fully saturated rings. The first-order valence-electron chi connectivity index (χ1n) is 6.30. The Morgan fingerprint density at radius 1 is 1.26 bits per heavy atom. The molecular formula is C16H20O3. The molecule has 1 aromatic carbocycles. The van der Waals surface area contributed by atoms with Crippen LogP contribution in [0.5, 0.6) is 0 Å². The lowest BCUT2D eigenvalue weighted by atomic mass is 10.1. The largest absolute Gasteiger partial charge is 0.445 e. The van der Waals surface area contributed by atoms with E-state index < -0.39 is 17.7 Å².